The van der Waals surface area contributed by atoms with E-state index in [1.54, 1.807) is 0 Å². The van der Waals surface area contributed by atoms with E-state index in [4.69, 9.17) is 0 Å². The van der Waals surface area contributed by atoms with Crippen molar-refractivity contribution in [2.24, 2.45) is 0 Å². The zero-order valence-electron chi connectivity index (χ0n) is 17.3. The molecule has 1 aliphatic carbocycles. The second-order valence-corrected chi connectivity index (χ2v) is 8.19. The van der Waals surface area contributed by atoms with Crippen LogP contribution in [0.25, 0.3) is 5.57 Å². The standard InChI is InChI=1S/C28H28/c1-19-13-20(2)16-24(15-19)28(25-17-21(3)14-22(4)18-25)27-12-8-11-26(27)23-9-6-5-7-10-23/h5-11,13-18,28H,12H2,1-4H3. The van der Waals surface area contributed by atoms with Gasteiger partial charge in [-0.2, -0.15) is 0 Å². The van der Waals surface area contributed by atoms with Crippen LogP contribution in [-0.4, -0.2) is 0 Å². The van der Waals surface area contributed by atoms with E-state index in [0.29, 0.717) is 0 Å². The van der Waals surface area contributed by atoms with E-state index in [9.17, 15) is 0 Å². The van der Waals surface area contributed by atoms with Gasteiger partial charge in [0, 0.05) is 5.92 Å². The number of hydrogen-bond donors (Lipinski definition) is 0. The topological polar surface area (TPSA) is 0 Å². The molecule has 4 rings (SSSR count). The quantitative estimate of drug-likeness (QED) is 0.450. The van der Waals surface area contributed by atoms with E-state index in [2.05, 4.69) is 107 Å². The van der Waals surface area contributed by atoms with E-state index in [0.717, 1.165) is 6.42 Å². The van der Waals surface area contributed by atoms with Gasteiger partial charge in [0.15, 0.2) is 0 Å². The van der Waals surface area contributed by atoms with E-state index < -0.39 is 0 Å². The molecule has 0 heteroatoms. The summed E-state index contributed by atoms with van der Waals surface area (Å²) < 4.78 is 0. The Morgan fingerprint density at radius 2 is 1.14 bits per heavy atom. The summed E-state index contributed by atoms with van der Waals surface area (Å²) in [5.74, 6) is 0.280. The SMILES string of the molecule is Cc1cc(C)cc(C(C2=C(c3ccccc3)C=CC2)c2cc(C)cc(C)c2)c1. The summed E-state index contributed by atoms with van der Waals surface area (Å²) in [5.41, 5.74) is 12.3. The molecule has 0 saturated carbocycles. The average Bonchev–Trinajstić information content (AvgIpc) is 3.10. The molecule has 0 aromatic heterocycles. The van der Waals surface area contributed by atoms with Crippen LogP contribution in [-0.2, 0) is 0 Å². The van der Waals surface area contributed by atoms with Crippen LogP contribution >= 0.6 is 0 Å². The number of rotatable bonds is 4. The van der Waals surface area contributed by atoms with Gasteiger partial charge in [-0.05, 0) is 62.0 Å². The van der Waals surface area contributed by atoms with Crippen molar-refractivity contribution >= 4 is 5.57 Å². The summed E-state index contributed by atoms with van der Waals surface area (Å²) in [4.78, 5) is 0. The van der Waals surface area contributed by atoms with Crippen molar-refractivity contribution in [1.82, 2.24) is 0 Å². The molecular weight excluding hydrogens is 336 g/mol. The van der Waals surface area contributed by atoms with Crippen LogP contribution in [0.2, 0.25) is 0 Å². The number of hydrogen-bond acceptors (Lipinski definition) is 0. The number of benzene rings is 3. The van der Waals surface area contributed by atoms with Crippen LogP contribution < -0.4 is 0 Å². The molecule has 1 aliphatic rings. The lowest BCUT2D eigenvalue weighted by Crippen LogP contribution is -2.07. The lowest BCUT2D eigenvalue weighted by Gasteiger charge is -2.24. The first-order valence-electron chi connectivity index (χ1n) is 10.1. The van der Waals surface area contributed by atoms with Crippen molar-refractivity contribution < 1.29 is 0 Å². The Morgan fingerprint density at radius 3 is 1.64 bits per heavy atom. The fourth-order valence-electron chi connectivity index (χ4n) is 4.64. The van der Waals surface area contributed by atoms with Crippen molar-refractivity contribution in [3.8, 4) is 0 Å². The Kier molecular flexibility index (Phi) is 5.05. The first kappa shape index (κ1) is 18.5. The van der Waals surface area contributed by atoms with E-state index >= 15 is 0 Å². The van der Waals surface area contributed by atoms with Crippen molar-refractivity contribution in [3.05, 3.63) is 123 Å². The molecule has 0 saturated heterocycles. The molecule has 0 amide bonds. The van der Waals surface area contributed by atoms with Gasteiger partial charge in [-0.25, -0.2) is 0 Å². The van der Waals surface area contributed by atoms with Crippen LogP contribution in [0.15, 0.2) is 84.5 Å². The molecule has 0 spiro atoms. The van der Waals surface area contributed by atoms with E-state index in [-0.39, 0.29) is 5.92 Å². The van der Waals surface area contributed by atoms with Gasteiger partial charge >= 0.3 is 0 Å². The molecule has 0 fully saturated rings. The summed E-state index contributed by atoms with van der Waals surface area (Å²) in [6, 6.07) is 24.8. The van der Waals surface area contributed by atoms with Crippen LogP contribution in [0.4, 0.5) is 0 Å². The molecule has 140 valence electrons. The highest BCUT2D eigenvalue weighted by Gasteiger charge is 2.24. The van der Waals surface area contributed by atoms with Crippen LogP contribution in [0, 0.1) is 27.7 Å². The van der Waals surface area contributed by atoms with Gasteiger partial charge in [0.05, 0.1) is 0 Å². The minimum atomic E-state index is 0.280. The van der Waals surface area contributed by atoms with Crippen molar-refractivity contribution in [1.29, 1.82) is 0 Å². The maximum absolute atomic E-state index is 2.36. The van der Waals surface area contributed by atoms with Gasteiger partial charge in [-0.15, -0.1) is 0 Å². The highest BCUT2D eigenvalue weighted by molar-refractivity contribution is 5.81. The predicted octanol–water partition coefficient (Wildman–Crippen LogP) is 7.47. The summed E-state index contributed by atoms with van der Waals surface area (Å²) >= 11 is 0. The molecule has 0 radical (unpaired) electrons. The molecule has 0 aliphatic heterocycles. The molecule has 0 nitrogen and oxygen atoms in total. The van der Waals surface area contributed by atoms with Gasteiger partial charge in [-0.3, -0.25) is 0 Å². The maximum Gasteiger partial charge on any atom is 0.0311 e. The summed E-state index contributed by atoms with van der Waals surface area (Å²) in [6.45, 7) is 8.81. The number of allylic oxidation sites excluding steroid dienone is 4. The first-order valence-corrected chi connectivity index (χ1v) is 10.1. The fraction of sp³-hybridized carbons (Fsp3) is 0.214. The fourth-order valence-corrected chi connectivity index (χ4v) is 4.64. The molecular formula is C28H28. The molecule has 0 bridgehead atoms. The predicted molar refractivity (Wildman–Crippen MR) is 121 cm³/mol. The van der Waals surface area contributed by atoms with Crippen LogP contribution in [0.3, 0.4) is 0 Å². The van der Waals surface area contributed by atoms with Gasteiger partial charge in [0.1, 0.15) is 0 Å². The second-order valence-electron chi connectivity index (χ2n) is 8.19. The molecule has 3 aromatic rings. The zero-order chi connectivity index (χ0) is 19.7. The molecule has 0 heterocycles. The maximum atomic E-state index is 2.36. The van der Waals surface area contributed by atoms with E-state index in [1.165, 1.54) is 50.1 Å². The lowest BCUT2D eigenvalue weighted by atomic mass is 9.80. The van der Waals surface area contributed by atoms with E-state index in [1.807, 2.05) is 0 Å². The molecule has 0 N–H and O–H groups in total. The summed E-state index contributed by atoms with van der Waals surface area (Å²) in [5, 5.41) is 0. The smallest absolute Gasteiger partial charge is 0.0311 e. The van der Waals surface area contributed by atoms with Crippen molar-refractivity contribution in [2.45, 2.75) is 40.0 Å². The molecule has 28 heavy (non-hydrogen) atoms. The van der Waals surface area contributed by atoms with Gasteiger partial charge < -0.3 is 0 Å². The Balaban J connectivity index is 1.95. The zero-order valence-corrected chi connectivity index (χ0v) is 17.3. The third-order valence-electron chi connectivity index (χ3n) is 5.56. The second kappa shape index (κ2) is 7.64. The first-order chi connectivity index (χ1) is 13.5. The van der Waals surface area contributed by atoms with Crippen molar-refractivity contribution in [3.63, 3.8) is 0 Å². The Bertz CT molecular complexity index is 972. The van der Waals surface area contributed by atoms with Crippen LogP contribution in [0.5, 0.6) is 0 Å². The molecule has 3 aromatic carbocycles. The largest absolute Gasteiger partial charge is 0.0798 e. The third-order valence-corrected chi connectivity index (χ3v) is 5.56. The lowest BCUT2D eigenvalue weighted by molar-refractivity contribution is 0.914. The third kappa shape index (κ3) is 3.73. The average molecular weight is 365 g/mol. The van der Waals surface area contributed by atoms with Crippen LogP contribution in [0.1, 0.15) is 51.3 Å². The highest BCUT2D eigenvalue weighted by atomic mass is 14.3. The van der Waals surface area contributed by atoms with Crippen molar-refractivity contribution in [2.75, 3.05) is 0 Å². The number of aryl methyl sites for hydroxylation is 4. The normalized spacial score (nSPS) is 13.6. The van der Waals surface area contributed by atoms with Gasteiger partial charge in [-0.1, -0.05) is 101 Å². The minimum absolute atomic E-state index is 0.280. The van der Waals surface area contributed by atoms with Gasteiger partial charge in [0.2, 0.25) is 0 Å². The summed E-state index contributed by atoms with van der Waals surface area (Å²) in [6.07, 6.45) is 5.63. The molecule has 0 unspecified atom stereocenters. The highest BCUT2D eigenvalue weighted by Crippen LogP contribution is 2.42. The van der Waals surface area contributed by atoms with Gasteiger partial charge in [0.25, 0.3) is 0 Å². The molecule has 0 atom stereocenters. The Hall–Kier alpha value is -2.86. The monoisotopic (exact) mass is 364 g/mol. The minimum Gasteiger partial charge on any atom is -0.0798 e. The Morgan fingerprint density at radius 1 is 0.643 bits per heavy atom. The summed E-state index contributed by atoms with van der Waals surface area (Å²) in [7, 11) is 0. The Labute approximate surface area is 169 Å².